The molecule has 0 saturated carbocycles. The van der Waals surface area contributed by atoms with Crippen LogP contribution in [0.2, 0.25) is 0 Å². The second-order valence-electron chi connectivity index (χ2n) is 4.27. The van der Waals surface area contributed by atoms with Gasteiger partial charge in [-0.15, -0.1) is 0 Å². The zero-order valence-electron chi connectivity index (χ0n) is 10.9. The molecule has 3 heteroatoms. The van der Waals surface area contributed by atoms with E-state index < -0.39 is 0 Å². The van der Waals surface area contributed by atoms with Gasteiger partial charge in [-0.3, -0.25) is 0 Å². The van der Waals surface area contributed by atoms with Crippen molar-refractivity contribution in [1.82, 2.24) is 0 Å². The van der Waals surface area contributed by atoms with Crippen molar-refractivity contribution in [1.29, 1.82) is 0 Å². The lowest BCUT2D eigenvalue weighted by atomic mass is 9.97. The fraction of sp³-hybridized carbons (Fsp3) is 0.500. The van der Waals surface area contributed by atoms with Crippen molar-refractivity contribution in [2.75, 3.05) is 14.2 Å². The maximum Gasteiger partial charge on any atom is 0.126 e. The molecule has 0 amide bonds. The van der Waals surface area contributed by atoms with Crippen molar-refractivity contribution in [3.05, 3.63) is 23.3 Å². The second-order valence-corrected chi connectivity index (χ2v) is 4.27. The van der Waals surface area contributed by atoms with Crippen LogP contribution >= 0.6 is 0 Å². The number of rotatable bonds is 6. The first-order valence-corrected chi connectivity index (χ1v) is 5.82. The molecule has 0 aliphatic heterocycles. The third kappa shape index (κ3) is 3.22. The first-order chi connectivity index (χ1) is 8.13. The van der Waals surface area contributed by atoms with E-state index in [2.05, 4.69) is 19.9 Å². The lowest BCUT2D eigenvalue weighted by Crippen LogP contribution is -2.00. The van der Waals surface area contributed by atoms with Crippen LogP contribution in [-0.2, 0) is 11.2 Å². The minimum atomic E-state index is 0.380. The third-order valence-electron chi connectivity index (χ3n) is 2.79. The number of hydrogen-bond donors (Lipinski definition) is 0. The molecule has 1 aromatic carbocycles. The largest absolute Gasteiger partial charge is 0.496 e. The zero-order chi connectivity index (χ0) is 12.8. The summed E-state index contributed by atoms with van der Waals surface area (Å²) in [5.74, 6) is 2.01. The van der Waals surface area contributed by atoms with E-state index in [1.807, 2.05) is 6.07 Å². The van der Waals surface area contributed by atoms with Gasteiger partial charge in [0.25, 0.3) is 0 Å². The van der Waals surface area contributed by atoms with Gasteiger partial charge in [0.2, 0.25) is 0 Å². The topological polar surface area (TPSA) is 35.5 Å². The number of aldehydes is 1. The second kappa shape index (κ2) is 6.28. The van der Waals surface area contributed by atoms with Gasteiger partial charge in [-0.1, -0.05) is 13.8 Å². The van der Waals surface area contributed by atoms with Crippen molar-refractivity contribution < 1.29 is 14.3 Å². The first-order valence-electron chi connectivity index (χ1n) is 5.82. The van der Waals surface area contributed by atoms with Crippen molar-refractivity contribution in [2.24, 2.45) is 0 Å². The van der Waals surface area contributed by atoms with Gasteiger partial charge >= 0.3 is 0 Å². The molecule has 0 bridgehead atoms. The summed E-state index contributed by atoms with van der Waals surface area (Å²) in [7, 11) is 3.29. The Morgan fingerprint density at radius 1 is 1.18 bits per heavy atom. The summed E-state index contributed by atoms with van der Waals surface area (Å²) in [6.45, 7) is 4.24. The molecule has 0 radical (unpaired) electrons. The van der Waals surface area contributed by atoms with Gasteiger partial charge in [-0.25, -0.2) is 0 Å². The predicted octanol–water partition coefficient (Wildman–Crippen LogP) is 2.96. The molecule has 0 aliphatic carbocycles. The average molecular weight is 236 g/mol. The van der Waals surface area contributed by atoms with Crippen LogP contribution in [0.1, 0.15) is 37.3 Å². The highest BCUT2D eigenvalue weighted by atomic mass is 16.5. The Morgan fingerprint density at radius 3 is 2.29 bits per heavy atom. The van der Waals surface area contributed by atoms with Gasteiger partial charge < -0.3 is 14.3 Å². The summed E-state index contributed by atoms with van der Waals surface area (Å²) in [5.41, 5.74) is 2.21. The Morgan fingerprint density at radius 2 is 1.82 bits per heavy atom. The summed E-state index contributed by atoms with van der Waals surface area (Å²) >= 11 is 0. The van der Waals surface area contributed by atoms with Crippen LogP contribution in [0, 0.1) is 0 Å². The Balaban J connectivity index is 3.18. The van der Waals surface area contributed by atoms with Crippen LogP contribution in [0.25, 0.3) is 0 Å². The van der Waals surface area contributed by atoms with Crippen LogP contribution in [-0.4, -0.2) is 20.5 Å². The smallest absolute Gasteiger partial charge is 0.126 e. The molecule has 0 N–H and O–H groups in total. The van der Waals surface area contributed by atoms with E-state index in [4.69, 9.17) is 9.47 Å². The maximum atomic E-state index is 10.5. The number of hydrogen-bond acceptors (Lipinski definition) is 3. The summed E-state index contributed by atoms with van der Waals surface area (Å²) in [6, 6.07) is 3.97. The summed E-state index contributed by atoms with van der Waals surface area (Å²) < 4.78 is 10.7. The fourth-order valence-electron chi connectivity index (χ4n) is 1.85. The molecule has 1 rings (SSSR count). The van der Waals surface area contributed by atoms with Crippen molar-refractivity contribution in [2.45, 2.75) is 32.6 Å². The van der Waals surface area contributed by atoms with Crippen molar-refractivity contribution in [3.8, 4) is 11.5 Å². The highest BCUT2D eigenvalue weighted by Crippen LogP contribution is 2.33. The quantitative estimate of drug-likeness (QED) is 0.712. The number of benzene rings is 1. The van der Waals surface area contributed by atoms with Gasteiger partial charge in [-0.2, -0.15) is 0 Å². The fourth-order valence-corrected chi connectivity index (χ4v) is 1.85. The molecular formula is C14H20O3. The maximum absolute atomic E-state index is 10.5. The van der Waals surface area contributed by atoms with Crippen LogP contribution in [0.15, 0.2) is 12.1 Å². The normalized spacial score (nSPS) is 10.4. The van der Waals surface area contributed by atoms with E-state index in [0.29, 0.717) is 18.8 Å². The number of aryl methyl sites for hydroxylation is 1. The summed E-state index contributed by atoms with van der Waals surface area (Å²) in [4.78, 5) is 10.5. The van der Waals surface area contributed by atoms with Gasteiger partial charge in [0, 0.05) is 12.5 Å². The van der Waals surface area contributed by atoms with E-state index in [0.717, 1.165) is 28.9 Å². The third-order valence-corrected chi connectivity index (χ3v) is 2.79. The van der Waals surface area contributed by atoms with Gasteiger partial charge in [0.1, 0.15) is 17.8 Å². The van der Waals surface area contributed by atoms with Gasteiger partial charge in [-0.05, 0) is 29.5 Å². The van der Waals surface area contributed by atoms with Crippen LogP contribution in [0.5, 0.6) is 11.5 Å². The highest BCUT2D eigenvalue weighted by Gasteiger charge is 2.13. The predicted molar refractivity (Wildman–Crippen MR) is 68.0 cm³/mol. The average Bonchev–Trinajstić information content (AvgIpc) is 2.34. The van der Waals surface area contributed by atoms with E-state index in [-0.39, 0.29) is 0 Å². The molecule has 0 atom stereocenters. The van der Waals surface area contributed by atoms with Gasteiger partial charge in [0.15, 0.2) is 0 Å². The molecule has 17 heavy (non-hydrogen) atoms. The molecule has 0 unspecified atom stereocenters. The van der Waals surface area contributed by atoms with Crippen LogP contribution in [0.3, 0.4) is 0 Å². The van der Waals surface area contributed by atoms with Crippen molar-refractivity contribution >= 4 is 6.29 Å². The van der Waals surface area contributed by atoms with Crippen LogP contribution in [0.4, 0.5) is 0 Å². The van der Waals surface area contributed by atoms with Gasteiger partial charge in [0.05, 0.1) is 14.2 Å². The SMILES string of the molecule is COc1cc(OC)c(C(C)C)cc1CCC=O. The zero-order valence-corrected chi connectivity index (χ0v) is 10.9. The van der Waals surface area contributed by atoms with Crippen LogP contribution < -0.4 is 9.47 Å². The molecule has 3 nitrogen and oxygen atoms in total. The highest BCUT2D eigenvalue weighted by molar-refractivity contribution is 5.53. The number of methoxy groups -OCH3 is 2. The summed E-state index contributed by atoms with van der Waals surface area (Å²) in [5, 5.41) is 0. The van der Waals surface area contributed by atoms with E-state index >= 15 is 0 Å². The lowest BCUT2D eigenvalue weighted by Gasteiger charge is -2.16. The minimum absolute atomic E-state index is 0.380. The molecular weight excluding hydrogens is 216 g/mol. The standard InChI is InChI=1S/C14H20O3/c1-10(2)12-8-11(6-5-7-15)13(16-3)9-14(12)17-4/h7-10H,5-6H2,1-4H3. The lowest BCUT2D eigenvalue weighted by molar-refractivity contribution is -0.107. The Hall–Kier alpha value is -1.51. The molecule has 0 heterocycles. The Labute approximate surface area is 103 Å². The van der Waals surface area contributed by atoms with E-state index in [9.17, 15) is 4.79 Å². The Bertz CT molecular complexity index is 383. The molecule has 0 spiro atoms. The molecule has 94 valence electrons. The summed E-state index contributed by atoms with van der Waals surface area (Å²) in [6.07, 6.45) is 2.15. The molecule has 0 aliphatic rings. The molecule has 0 fully saturated rings. The molecule has 1 aromatic rings. The number of ether oxygens (including phenoxy) is 2. The molecule has 0 saturated heterocycles. The monoisotopic (exact) mass is 236 g/mol. The number of carbonyl (C=O) groups excluding carboxylic acids is 1. The Kier molecular flexibility index (Phi) is 5.01. The minimum Gasteiger partial charge on any atom is -0.496 e. The van der Waals surface area contributed by atoms with E-state index in [1.54, 1.807) is 14.2 Å². The molecule has 0 aromatic heterocycles. The van der Waals surface area contributed by atoms with E-state index in [1.165, 1.54) is 0 Å². The first kappa shape index (κ1) is 13.6. The number of carbonyl (C=O) groups is 1. The van der Waals surface area contributed by atoms with Crippen molar-refractivity contribution in [3.63, 3.8) is 0 Å².